The fourth-order valence-corrected chi connectivity index (χ4v) is 2.44. The van der Waals surface area contributed by atoms with Gasteiger partial charge < -0.3 is 5.32 Å². The Labute approximate surface area is 102 Å². The van der Waals surface area contributed by atoms with Crippen molar-refractivity contribution in [1.29, 1.82) is 0 Å². The second-order valence-corrected chi connectivity index (χ2v) is 4.68. The summed E-state index contributed by atoms with van der Waals surface area (Å²) in [6.07, 6.45) is 7.26. The summed E-state index contributed by atoms with van der Waals surface area (Å²) in [7, 11) is 0. The van der Waals surface area contributed by atoms with Crippen molar-refractivity contribution in [2.45, 2.75) is 59.0 Å². The average molecular weight is 224 g/mol. The first-order chi connectivity index (χ1) is 7.54. The minimum atomic E-state index is 0.163. The summed E-state index contributed by atoms with van der Waals surface area (Å²) < 4.78 is 0. The first-order valence-corrected chi connectivity index (χ1v) is 6.46. The van der Waals surface area contributed by atoms with Crippen LogP contribution in [0.3, 0.4) is 0 Å². The van der Waals surface area contributed by atoms with Crippen molar-refractivity contribution >= 4 is 0 Å². The second kappa shape index (κ2) is 7.70. The van der Waals surface area contributed by atoms with Gasteiger partial charge in [-0.3, -0.25) is 4.90 Å². The van der Waals surface area contributed by atoms with E-state index in [9.17, 15) is 0 Å². The molecule has 0 aliphatic carbocycles. The third-order valence-electron chi connectivity index (χ3n) is 3.46. The molecule has 0 spiro atoms. The van der Waals surface area contributed by atoms with Crippen LogP contribution in [0.15, 0.2) is 0 Å². The molecule has 16 heavy (non-hydrogen) atoms. The smallest absolute Gasteiger partial charge is 0.0306 e. The van der Waals surface area contributed by atoms with Gasteiger partial charge in [0.1, 0.15) is 0 Å². The SMILES string of the molecule is C#CCCC(NCC)C(C)(C)N(CC)CC. The van der Waals surface area contributed by atoms with E-state index < -0.39 is 0 Å². The van der Waals surface area contributed by atoms with Crippen molar-refractivity contribution in [3.63, 3.8) is 0 Å². The summed E-state index contributed by atoms with van der Waals surface area (Å²) in [6, 6.07) is 0.466. The predicted molar refractivity (Wildman–Crippen MR) is 72.5 cm³/mol. The Morgan fingerprint density at radius 2 is 1.81 bits per heavy atom. The molecule has 2 heteroatoms. The van der Waals surface area contributed by atoms with E-state index in [4.69, 9.17) is 6.42 Å². The van der Waals surface area contributed by atoms with Crippen LogP contribution in [-0.4, -0.2) is 36.1 Å². The van der Waals surface area contributed by atoms with Gasteiger partial charge in [0, 0.05) is 18.0 Å². The molecular weight excluding hydrogens is 196 g/mol. The molecule has 0 aromatic rings. The molecule has 0 fully saturated rings. The van der Waals surface area contributed by atoms with Crippen LogP contribution in [0.4, 0.5) is 0 Å². The maximum Gasteiger partial charge on any atom is 0.0306 e. The van der Waals surface area contributed by atoms with Crippen LogP contribution in [0.2, 0.25) is 0 Å². The van der Waals surface area contributed by atoms with Crippen molar-refractivity contribution < 1.29 is 0 Å². The van der Waals surface area contributed by atoms with Crippen molar-refractivity contribution in [3.05, 3.63) is 0 Å². The maximum atomic E-state index is 5.37. The minimum Gasteiger partial charge on any atom is -0.312 e. The highest BCUT2D eigenvalue weighted by atomic mass is 15.2. The van der Waals surface area contributed by atoms with Crippen molar-refractivity contribution in [3.8, 4) is 12.3 Å². The van der Waals surface area contributed by atoms with E-state index in [0.717, 1.165) is 32.5 Å². The number of hydrogen-bond donors (Lipinski definition) is 1. The standard InChI is InChI=1S/C14H28N2/c1-7-11-12-13(15-8-2)14(5,6)16(9-3)10-4/h1,13,15H,8-12H2,2-6H3. The highest BCUT2D eigenvalue weighted by Crippen LogP contribution is 2.22. The number of nitrogens with one attached hydrogen (secondary N) is 1. The zero-order valence-corrected chi connectivity index (χ0v) is 11.6. The molecule has 0 amide bonds. The average Bonchev–Trinajstić information content (AvgIpc) is 2.25. The van der Waals surface area contributed by atoms with Crippen LogP contribution in [-0.2, 0) is 0 Å². The molecule has 0 saturated heterocycles. The third-order valence-corrected chi connectivity index (χ3v) is 3.46. The lowest BCUT2D eigenvalue weighted by atomic mass is 9.88. The molecule has 0 bridgehead atoms. The maximum absolute atomic E-state index is 5.37. The molecule has 1 unspecified atom stereocenters. The number of rotatable bonds is 8. The predicted octanol–water partition coefficient (Wildman–Crippen LogP) is 2.50. The number of hydrogen-bond acceptors (Lipinski definition) is 2. The molecule has 0 aliphatic rings. The topological polar surface area (TPSA) is 15.3 Å². The fraction of sp³-hybridized carbons (Fsp3) is 0.857. The van der Waals surface area contributed by atoms with Crippen molar-refractivity contribution in [2.24, 2.45) is 0 Å². The van der Waals surface area contributed by atoms with E-state index in [1.807, 2.05) is 0 Å². The lowest BCUT2D eigenvalue weighted by Crippen LogP contribution is -2.57. The Morgan fingerprint density at radius 1 is 1.25 bits per heavy atom. The first-order valence-electron chi connectivity index (χ1n) is 6.46. The number of nitrogens with zero attached hydrogens (tertiary/aromatic N) is 1. The van der Waals surface area contributed by atoms with Gasteiger partial charge in [0.15, 0.2) is 0 Å². The van der Waals surface area contributed by atoms with Gasteiger partial charge in [-0.05, 0) is 39.9 Å². The summed E-state index contributed by atoms with van der Waals surface area (Å²) in [5.74, 6) is 2.75. The highest BCUT2D eigenvalue weighted by Gasteiger charge is 2.32. The lowest BCUT2D eigenvalue weighted by molar-refractivity contribution is 0.0888. The third kappa shape index (κ3) is 4.15. The van der Waals surface area contributed by atoms with Gasteiger partial charge in [-0.1, -0.05) is 20.8 Å². The second-order valence-electron chi connectivity index (χ2n) is 4.68. The lowest BCUT2D eigenvalue weighted by Gasteiger charge is -2.43. The summed E-state index contributed by atoms with van der Waals surface area (Å²) >= 11 is 0. The molecule has 0 radical (unpaired) electrons. The van der Waals surface area contributed by atoms with Crippen LogP contribution in [0, 0.1) is 12.3 Å². The Bertz CT molecular complexity index is 211. The van der Waals surface area contributed by atoms with Gasteiger partial charge in [0.25, 0.3) is 0 Å². The Balaban J connectivity index is 4.65. The molecule has 0 heterocycles. The Morgan fingerprint density at radius 3 is 2.19 bits per heavy atom. The normalized spacial score (nSPS) is 13.8. The Kier molecular flexibility index (Phi) is 7.45. The van der Waals surface area contributed by atoms with Crippen LogP contribution in [0.5, 0.6) is 0 Å². The van der Waals surface area contributed by atoms with E-state index in [1.54, 1.807) is 0 Å². The zero-order valence-electron chi connectivity index (χ0n) is 11.6. The molecular formula is C14H28N2. The van der Waals surface area contributed by atoms with Crippen LogP contribution in [0.25, 0.3) is 0 Å². The molecule has 0 aromatic carbocycles. The van der Waals surface area contributed by atoms with Crippen LogP contribution < -0.4 is 5.32 Å². The highest BCUT2D eigenvalue weighted by molar-refractivity contribution is 4.96. The molecule has 94 valence electrons. The quantitative estimate of drug-likeness (QED) is 0.637. The summed E-state index contributed by atoms with van der Waals surface area (Å²) in [4.78, 5) is 2.50. The van der Waals surface area contributed by atoms with Gasteiger partial charge >= 0.3 is 0 Å². The van der Waals surface area contributed by atoms with E-state index >= 15 is 0 Å². The number of terminal acetylenes is 1. The molecule has 1 atom stereocenters. The fourth-order valence-electron chi connectivity index (χ4n) is 2.44. The van der Waals surface area contributed by atoms with E-state index in [-0.39, 0.29) is 5.54 Å². The largest absolute Gasteiger partial charge is 0.312 e. The molecule has 0 aliphatic heterocycles. The molecule has 0 aromatic heterocycles. The van der Waals surface area contributed by atoms with Gasteiger partial charge in [-0.2, -0.15) is 0 Å². The molecule has 1 N–H and O–H groups in total. The van der Waals surface area contributed by atoms with E-state index in [1.165, 1.54) is 0 Å². The van der Waals surface area contributed by atoms with Gasteiger partial charge in [0.2, 0.25) is 0 Å². The van der Waals surface area contributed by atoms with Crippen molar-refractivity contribution in [1.82, 2.24) is 10.2 Å². The molecule has 0 rings (SSSR count). The Hall–Kier alpha value is -0.520. The van der Waals surface area contributed by atoms with Gasteiger partial charge in [-0.15, -0.1) is 12.3 Å². The van der Waals surface area contributed by atoms with E-state index in [0.29, 0.717) is 6.04 Å². The van der Waals surface area contributed by atoms with Gasteiger partial charge in [-0.25, -0.2) is 0 Å². The first kappa shape index (κ1) is 15.5. The van der Waals surface area contributed by atoms with Gasteiger partial charge in [0.05, 0.1) is 0 Å². The van der Waals surface area contributed by atoms with Crippen molar-refractivity contribution in [2.75, 3.05) is 19.6 Å². The van der Waals surface area contributed by atoms with Crippen LogP contribution in [0.1, 0.15) is 47.5 Å². The summed E-state index contributed by atoms with van der Waals surface area (Å²) in [5.41, 5.74) is 0.163. The summed E-state index contributed by atoms with van der Waals surface area (Å²) in [6.45, 7) is 14.4. The minimum absolute atomic E-state index is 0.163. The molecule has 0 saturated carbocycles. The van der Waals surface area contributed by atoms with Crippen LogP contribution >= 0.6 is 0 Å². The molecule has 2 nitrogen and oxygen atoms in total. The zero-order chi connectivity index (χ0) is 12.6. The summed E-state index contributed by atoms with van der Waals surface area (Å²) in [5, 5.41) is 3.57. The van der Waals surface area contributed by atoms with E-state index in [2.05, 4.69) is 50.8 Å². The monoisotopic (exact) mass is 224 g/mol. The number of likely N-dealkylation sites (N-methyl/N-ethyl adjacent to an activating group) is 2.